The second kappa shape index (κ2) is 3.60. The summed E-state index contributed by atoms with van der Waals surface area (Å²) in [6.45, 7) is 2.51. The van der Waals surface area contributed by atoms with Crippen molar-refractivity contribution in [1.82, 2.24) is 4.90 Å². The molecule has 0 radical (unpaired) electrons. The molecule has 2 heterocycles. The van der Waals surface area contributed by atoms with Gasteiger partial charge in [-0.2, -0.15) is 0 Å². The van der Waals surface area contributed by atoms with Crippen LogP contribution in [0.15, 0.2) is 24.3 Å². The molecule has 4 atom stereocenters. The Hall–Kier alpha value is -0.820. The first-order valence-electron chi connectivity index (χ1n) is 7.54. The molecule has 0 amide bonds. The summed E-state index contributed by atoms with van der Waals surface area (Å²) in [5, 5.41) is 0. The minimum Gasteiger partial charge on any atom is -0.293 e. The van der Waals surface area contributed by atoms with Gasteiger partial charge in [-0.3, -0.25) is 4.90 Å². The predicted molar refractivity (Wildman–Crippen MR) is 74.5 cm³/mol. The van der Waals surface area contributed by atoms with Gasteiger partial charge in [-0.25, -0.2) is 0 Å². The monoisotopic (exact) mass is 241 g/mol. The summed E-state index contributed by atoms with van der Waals surface area (Å²) < 4.78 is 0. The van der Waals surface area contributed by atoms with E-state index in [1.807, 2.05) is 0 Å². The Labute approximate surface area is 110 Å². The maximum atomic E-state index is 2.72. The van der Waals surface area contributed by atoms with Crippen molar-refractivity contribution in [2.75, 3.05) is 7.05 Å². The highest BCUT2D eigenvalue weighted by Crippen LogP contribution is 2.58. The lowest BCUT2D eigenvalue weighted by Gasteiger charge is -2.44. The van der Waals surface area contributed by atoms with Gasteiger partial charge in [-0.15, -0.1) is 0 Å². The molecule has 1 saturated carbocycles. The van der Waals surface area contributed by atoms with Crippen molar-refractivity contribution in [1.29, 1.82) is 0 Å². The molecule has 1 aromatic carbocycles. The van der Waals surface area contributed by atoms with E-state index >= 15 is 0 Å². The number of hydrogen-bond donors (Lipinski definition) is 0. The van der Waals surface area contributed by atoms with Crippen molar-refractivity contribution in [3.05, 3.63) is 35.4 Å². The number of likely N-dealkylation sites (N-methyl/N-ethyl adjacent to an activating group) is 1. The fourth-order valence-electron chi connectivity index (χ4n) is 5.31. The Bertz CT molecular complexity index is 480. The summed E-state index contributed by atoms with van der Waals surface area (Å²) in [4.78, 5) is 2.72. The van der Waals surface area contributed by atoms with E-state index in [0.29, 0.717) is 5.54 Å². The molecule has 2 fully saturated rings. The fourth-order valence-corrected chi connectivity index (χ4v) is 5.31. The summed E-state index contributed by atoms with van der Waals surface area (Å²) >= 11 is 0. The van der Waals surface area contributed by atoms with Crippen LogP contribution < -0.4 is 0 Å². The van der Waals surface area contributed by atoms with E-state index in [-0.39, 0.29) is 0 Å². The lowest BCUT2D eigenvalue weighted by atomic mass is 9.70. The predicted octanol–water partition coefficient (Wildman–Crippen LogP) is 3.58. The van der Waals surface area contributed by atoms with Crippen LogP contribution in [0.25, 0.3) is 0 Å². The topological polar surface area (TPSA) is 3.24 Å². The van der Waals surface area contributed by atoms with Crippen LogP contribution >= 0.6 is 0 Å². The third-order valence-electron chi connectivity index (χ3n) is 6.26. The van der Waals surface area contributed by atoms with E-state index in [0.717, 1.165) is 17.9 Å². The van der Waals surface area contributed by atoms with Gasteiger partial charge in [-0.1, -0.05) is 37.1 Å². The number of hydrogen-bond acceptors (Lipinski definition) is 1. The van der Waals surface area contributed by atoms with E-state index in [4.69, 9.17) is 0 Å². The Kier molecular flexibility index (Phi) is 2.21. The van der Waals surface area contributed by atoms with Gasteiger partial charge in [0, 0.05) is 11.6 Å². The van der Waals surface area contributed by atoms with Gasteiger partial charge < -0.3 is 0 Å². The van der Waals surface area contributed by atoms with Gasteiger partial charge in [0.15, 0.2) is 0 Å². The lowest BCUT2D eigenvalue weighted by Crippen LogP contribution is -2.47. The molecule has 0 unspecified atom stereocenters. The molecular weight excluding hydrogens is 218 g/mol. The van der Waals surface area contributed by atoms with Gasteiger partial charge in [0.1, 0.15) is 0 Å². The average Bonchev–Trinajstić information content (AvgIpc) is 2.56. The van der Waals surface area contributed by atoms with E-state index in [1.165, 1.54) is 32.1 Å². The van der Waals surface area contributed by atoms with E-state index in [9.17, 15) is 0 Å². The Balaban J connectivity index is 1.90. The van der Waals surface area contributed by atoms with Crippen molar-refractivity contribution in [2.45, 2.75) is 50.6 Å². The molecule has 1 heteroatoms. The maximum absolute atomic E-state index is 2.72. The number of nitrogens with zero attached hydrogens (tertiary/aromatic N) is 1. The molecule has 1 aliphatic carbocycles. The molecule has 1 aromatic rings. The highest BCUT2D eigenvalue weighted by Gasteiger charge is 2.58. The molecule has 1 saturated heterocycles. The molecule has 2 aliphatic heterocycles. The van der Waals surface area contributed by atoms with Gasteiger partial charge >= 0.3 is 0 Å². The highest BCUT2D eigenvalue weighted by molar-refractivity contribution is 5.40. The number of benzene rings is 1. The number of rotatable bonds is 0. The molecule has 3 aliphatic rings. The van der Waals surface area contributed by atoms with Crippen LogP contribution in [0.1, 0.15) is 43.7 Å². The zero-order valence-corrected chi connectivity index (χ0v) is 11.5. The maximum Gasteiger partial charge on any atom is 0.0466 e. The molecule has 0 aromatic heterocycles. The first-order chi connectivity index (χ1) is 8.73. The zero-order valence-electron chi connectivity index (χ0n) is 11.5. The van der Waals surface area contributed by atoms with Crippen LogP contribution in [-0.4, -0.2) is 18.0 Å². The molecule has 2 bridgehead atoms. The Morgan fingerprint density at radius 1 is 1.17 bits per heavy atom. The van der Waals surface area contributed by atoms with Gasteiger partial charge in [0.05, 0.1) is 0 Å². The van der Waals surface area contributed by atoms with Gasteiger partial charge in [-0.05, 0) is 56.2 Å². The van der Waals surface area contributed by atoms with Gasteiger partial charge in [0.25, 0.3) is 0 Å². The Morgan fingerprint density at radius 2 is 1.94 bits per heavy atom. The van der Waals surface area contributed by atoms with E-state index < -0.39 is 0 Å². The van der Waals surface area contributed by atoms with Crippen molar-refractivity contribution >= 4 is 0 Å². The zero-order chi connectivity index (χ0) is 12.3. The second-order valence-electron chi connectivity index (χ2n) is 6.74. The first kappa shape index (κ1) is 11.0. The van der Waals surface area contributed by atoms with Crippen molar-refractivity contribution in [3.63, 3.8) is 0 Å². The smallest absolute Gasteiger partial charge is 0.0466 e. The second-order valence-corrected chi connectivity index (χ2v) is 6.74. The normalized spacial score (nSPS) is 42.4. The van der Waals surface area contributed by atoms with Crippen LogP contribution in [0.4, 0.5) is 0 Å². The fraction of sp³-hybridized carbons (Fsp3) is 0.647. The van der Waals surface area contributed by atoms with Crippen molar-refractivity contribution < 1.29 is 0 Å². The minimum atomic E-state index is 0.310. The van der Waals surface area contributed by atoms with Crippen molar-refractivity contribution in [3.8, 4) is 0 Å². The molecular formula is C17H23N. The summed E-state index contributed by atoms with van der Waals surface area (Å²) in [5.74, 6) is 1.84. The Morgan fingerprint density at radius 3 is 2.83 bits per heavy atom. The van der Waals surface area contributed by atoms with Crippen molar-refractivity contribution in [2.24, 2.45) is 11.8 Å². The summed E-state index contributed by atoms with van der Waals surface area (Å²) in [6.07, 6.45) is 7.08. The standard InChI is InChI=1S/C17H23N/c1-17-14-9-5-3-7-12(14)11-16(18(17)2)13-8-4-6-10-15(13)17/h3,5,7,9,13,15-16H,4,6,8,10-11H2,1-2H3/t13-,15+,16-,17+/m1/s1. The van der Waals surface area contributed by atoms with Gasteiger partial charge in [0.2, 0.25) is 0 Å². The third kappa shape index (κ3) is 1.17. The van der Waals surface area contributed by atoms with Crippen LogP contribution in [-0.2, 0) is 12.0 Å². The van der Waals surface area contributed by atoms with E-state index in [1.54, 1.807) is 11.1 Å². The molecule has 4 rings (SSSR count). The SMILES string of the molecule is CN1[C@@H]2Cc3ccccc3[C@@]1(C)[C@H]1CCCC[C@@H]21. The average molecular weight is 241 g/mol. The van der Waals surface area contributed by atoms with Crippen LogP contribution in [0.2, 0.25) is 0 Å². The molecule has 0 N–H and O–H groups in total. The largest absolute Gasteiger partial charge is 0.293 e. The highest BCUT2D eigenvalue weighted by atomic mass is 15.3. The first-order valence-corrected chi connectivity index (χ1v) is 7.54. The molecule has 18 heavy (non-hydrogen) atoms. The molecule has 96 valence electrons. The quantitative estimate of drug-likeness (QED) is 0.671. The van der Waals surface area contributed by atoms with Crippen LogP contribution in [0, 0.1) is 11.8 Å². The summed E-state index contributed by atoms with van der Waals surface area (Å²) in [5.41, 5.74) is 3.56. The lowest BCUT2D eigenvalue weighted by molar-refractivity contribution is 0.101. The minimum absolute atomic E-state index is 0.310. The summed E-state index contributed by atoms with van der Waals surface area (Å²) in [7, 11) is 2.37. The molecule has 1 nitrogen and oxygen atoms in total. The summed E-state index contributed by atoms with van der Waals surface area (Å²) in [6, 6.07) is 10.0. The van der Waals surface area contributed by atoms with Crippen LogP contribution in [0.3, 0.4) is 0 Å². The third-order valence-corrected chi connectivity index (χ3v) is 6.26. The number of fused-ring (bicyclic) bond motifs is 7. The van der Waals surface area contributed by atoms with Crippen LogP contribution in [0.5, 0.6) is 0 Å². The van der Waals surface area contributed by atoms with E-state index in [2.05, 4.69) is 43.1 Å². The molecule has 0 spiro atoms.